The van der Waals surface area contributed by atoms with Gasteiger partial charge in [0.2, 0.25) is 11.9 Å². The van der Waals surface area contributed by atoms with Crippen molar-refractivity contribution in [1.82, 2.24) is 9.97 Å². The second-order valence-corrected chi connectivity index (χ2v) is 5.70. The van der Waals surface area contributed by atoms with E-state index in [-0.39, 0.29) is 17.5 Å². The molecule has 3 rings (SSSR count). The Labute approximate surface area is 158 Å². The van der Waals surface area contributed by atoms with E-state index < -0.39 is 23.2 Å². The van der Waals surface area contributed by atoms with Gasteiger partial charge in [0.05, 0.1) is 0 Å². The number of hydrogen-bond donors (Lipinski definition) is 3. The molecule has 9 heteroatoms. The summed E-state index contributed by atoms with van der Waals surface area (Å²) in [5.41, 5.74) is 0.659. The van der Waals surface area contributed by atoms with E-state index in [9.17, 15) is 18.4 Å². The normalized spacial score (nSPS) is 10.2. The van der Waals surface area contributed by atoms with Crippen molar-refractivity contribution in [2.75, 3.05) is 16.0 Å². The fourth-order valence-corrected chi connectivity index (χ4v) is 2.31. The summed E-state index contributed by atoms with van der Waals surface area (Å²) < 4.78 is 27.5. The molecule has 28 heavy (non-hydrogen) atoms. The molecule has 3 N–H and O–H groups in total. The number of carbonyl (C=O) groups is 2. The maximum atomic E-state index is 13.7. The molecule has 0 spiro atoms. The number of anilines is 4. The van der Waals surface area contributed by atoms with Crippen LogP contribution in [0.5, 0.6) is 0 Å². The highest BCUT2D eigenvalue weighted by molar-refractivity contribution is 6.03. The van der Waals surface area contributed by atoms with Crippen LogP contribution in [-0.2, 0) is 4.79 Å². The van der Waals surface area contributed by atoms with Crippen LogP contribution in [0.1, 0.15) is 17.4 Å². The molecule has 0 aliphatic heterocycles. The van der Waals surface area contributed by atoms with Crippen LogP contribution in [-0.4, -0.2) is 21.8 Å². The Bertz CT molecular complexity index is 1000. The molecule has 2 aromatic carbocycles. The molecule has 0 bridgehead atoms. The maximum Gasteiger partial charge on any atom is 0.274 e. The van der Waals surface area contributed by atoms with Crippen LogP contribution in [0.2, 0.25) is 0 Å². The van der Waals surface area contributed by atoms with Crippen molar-refractivity contribution in [3.8, 4) is 0 Å². The van der Waals surface area contributed by atoms with Crippen molar-refractivity contribution in [2.24, 2.45) is 0 Å². The smallest absolute Gasteiger partial charge is 0.274 e. The molecule has 0 fully saturated rings. The number of benzene rings is 2. The third-order valence-corrected chi connectivity index (χ3v) is 3.55. The molecular formula is C19H15F2N5O2. The molecule has 0 atom stereocenters. The number of nitrogens with one attached hydrogen (secondary N) is 3. The second-order valence-electron chi connectivity index (χ2n) is 5.70. The minimum absolute atomic E-state index is 0.000171. The summed E-state index contributed by atoms with van der Waals surface area (Å²) in [7, 11) is 0. The third kappa shape index (κ3) is 4.64. The number of hydrogen-bond acceptors (Lipinski definition) is 5. The predicted molar refractivity (Wildman–Crippen MR) is 100 cm³/mol. The van der Waals surface area contributed by atoms with Crippen LogP contribution in [0.3, 0.4) is 0 Å². The highest BCUT2D eigenvalue weighted by atomic mass is 19.1. The first-order valence-corrected chi connectivity index (χ1v) is 8.15. The van der Waals surface area contributed by atoms with Crippen LogP contribution in [0.25, 0.3) is 0 Å². The Morgan fingerprint density at radius 3 is 2.11 bits per heavy atom. The standard InChI is InChI=1S/C19H15F2N5O2/c1-11(27)23-12-5-7-13(8-6-12)24-18(28)16-9-10-22-19(25-16)26-17-14(20)3-2-4-15(17)21/h2-10H,1H3,(H,23,27)(H,24,28)(H,22,25,26). The lowest BCUT2D eigenvalue weighted by atomic mass is 10.2. The summed E-state index contributed by atoms with van der Waals surface area (Å²) in [6.45, 7) is 1.39. The van der Waals surface area contributed by atoms with E-state index in [1.165, 1.54) is 25.3 Å². The van der Waals surface area contributed by atoms with E-state index in [0.29, 0.717) is 11.4 Å². The number of aromatic nitrogens is 2. The Hall–Kier alpha value is -3.88. The van der Waals surface area contributed by atoms with Gasteiger partial charge in [-0.05, 0) is 42.5 Å². The molecule has 2 amide bonds. The van der Waals surface area contributed by atoms with Crippen molar-refractivity contribution in [1.29, 1.82) is 0 Å². The lowest BCUT2D eigenvalue weighted by molar-refractivity contribution is -0.114. The number of para-hydroxylation sites is 1. The number of rotatable bonds is 5. The molecule has 0 radical (unpaired) electrons. The van der Waals surface area contributed by atoms with Gasteiger partial charge >= 0.3 is 0 Å². The monoisotopic (exact) mass is 383 g/mol. The first kappa shape index (κ1) is 18.9. The van der Waals surface area contributed by atoms with Crippen molar-refractivity contribution in [2.45, 2.75) is 6.92 Å². The zero-order valence-corrected chi connectivity index (χ0v) is 14.7. The van der Waals surface area contributed by atoms with Gasteiger partial charge in [-0.15, -0.1) is 0 Å². The SMILES string of the molecule is CC(=O)Nc1ccc(NC(=O)c2ccnc(Nc3c(F)cccc3F)n2)cc1. The van der Waals surface area contributed by atoms with Gasteiger partial charge in [-0.3, -0.25) is 9.59 Å². The fraction of sp³-hybridized carbons (Fsp3) is 0.0526. The van der Waals surface area contributed by atoms with Crippen LogP contribution in [0.4, 0.5) is 31.8 Å². The highest BCUT2D eigenvalue weighted by Crippen LogP contribution is 2.21. The quantitative estimate of drug-likeness (QED) is 0.624. The summed E-state index contributed by atoms with van der Waals surface area (Å²) >= 11 is 0. The lowest BCUT2D eigenvalue weighted by Gasteiger charge is -2.09. The molecule has 142 valence electrons. The van der Waals surface area contributed by atoms with Crippen molar-refractivity contribution in [3.63, 3.8) is 0 Å². The van der Waals surface area contributed by atoms with Gasteiger partial charge in [-0.25, -0.2) is 18.7 Å². The van der Waals surface area contributed by atoms with Gasteiger partial charge in [0.25, 0.3) is 5.91 Å². The first-order chi connectivity index (χ1) is 13.4. The Balaban J connectivity index is 1.72. The predicted octanol–water partition coefficient (Wildman–Crippen LogP) is 3.71. The summed E-state index contributed by atoms with van der Waals surface area (Å²) in [5.74, 6) is -2.48. The van der Waals surface area contributed by atoms with Gasteiger partial charge in [-0.2, -0.15) is 0 Å². The number of amides is 2. The minimum atomic E-state index is -0.808. The summed E-state index contributed by atoms with van der Waals surface area (Å²) in [6.07, 6.45) is 1.29. The molecule has 1 heterocycles. The van der Waals surface area contributed by atoms with Crippen LogP contribution in [0.15, 0.2) is 54.7 Å². The highest BCUT2D eigenvalue weighted by Gasteiger charge is 2.13. The van der Waals surface area contributed by atoms with E-state index in [1.54, 1.807) is 24.3 Å². The van der Waals surface area contributed by atoms with Crippen LogP contribution < -0.4 is 16.0 Å². The zero-order chi connectivity index (χ0) is 20.1. The minimum Gasteiger partial charge on any atom is -0.326 e. The van der Waals surface area contributed by atoms with Crippen molar-refractivity contribution in [3.05, 3.63) is 72.1 Å². The first-order valence-electron chi connectivity index (χ1n) is 8.15. The van der Waals surface area contributed by atoms with Crippen LogP contribution in [0, 0.1) is 11.6 Å². The Morgan fingerprint density at radius 1 is 0.893 bits per heavy atom. The molecule has 1 aromatic heterocycles. The molecule has 0 aliphatic carbocycles. The molecule has 3 aromatic rings. The second kappa shape index (κ2) is 8.21. The largest absolute Gasteiger partial charge is 0.326 e. The summed E-state index contributed by atoms with van der Waals surface area (Å²) in [5, 5.41) is 7.68. The van der Waals surface area contributed by atoms with E-state index in [2.05, 4.69) is 25.9 Å². The molecule has 0 aliphatic rings. The average Bonchev–Trinajstić information content (AvgIpc) is 2.66. The Kier molecular flexibility index (Phi) is 5.54. The van der Waals surface area contributed by atoms with Gasteiger partial charge in [0.15, 0.2) is 0 Å². The lowest BCUT2D eigenvalue weighted by Crippen LogP contribution is -2.15. The molecule has 7 nitrogen and oxygen atoms in total. The number of halogens is 2. The maximum absolute atomic E-state index is 13.7. The number of nitrogens with zero attached hydrogens (tertiary/aromatic N) is 2. The van der Waals surface area contributed by atoms with Crippen LogP contribution >= 0.6 is 0 Å². The van der Waals surface area contributed by atoms with E-state index in [1.807, 2.05) is 0 Å². The average molecular weight is 383 g/mol. The molecular weight excluding hydrogens is 368 g/mol. The fourth-order valence-electron chi connectivity index (χ4n) is 2.31. The van der Waals surface area contributed by atoms with Crippen molar-refractivity contribution >= 4 is 34.8 Å². The van der Waals surface area contributed by atoms with Crippen molar-refractivity contribution < 1.29 is 18.4 Å². The van der Waals surface area contributed by atoms with E-state index in [0.717, 1.165) is 12.1 Å². The summed E-state index contributed by atoms with van der Waals surface area (Å²) in [6, 6.07) is 11.3. The Morgan fingerprint density at radius 2 is 1.50 bits per heavy atom. The molecule has 0 saturated heterocycles. The molecule has 0 saturated carbocycles. The van der Waals surface area contributed by atoms with Gasteiger partial charge in [0, 0.05) is 24.5 Å². The molecule has 0 unspecified atom stereocenters. The zero-order valence-electron chi connectivity index (χ0n) is 14.7. The third-order valence-electron chi connectivity index (χ3n) is 3.55. The van der Waals surface area contributed by atoms with Gasteiger partial charge < -0.3 is 16.0 Å². The number of carbonyl (C=O) groups excluding carboxylic acids is 2. The summed E-state index contributed by atoms with van der Waals surface area (Å²) in [4.78, 5) is 31.2. The van der Waals surface area contributed by atoms with E-state index >= 15 is 0 Å². The topological polar surface area (TPSA) is 96.0 Å². The van der Waals surface area contributed by atoms with E-state index in [4.69, 9.17) is 0 Å². The van der Waals surface area contributed by atoms with Gasteiger partial charge in [-0.1, -0.05) is 6.07 Å². The van der Waals surface area contributed by atoms with Gasteiger partial charge in [0.1, 0.15) is 23.0 Å².